The zero-order chi connectivity index (χ0) is 13.0. The molecule has 0 saturated carbocycles. The normalized spacial score (nSPS) is 10.3. The van der Waals surface area contributed by atoms with Crippen molar-refractivity contribution in [1.82, 2.24) is 15.3 Å². The van der Waals surface area contributed by atoms with E-state index in [9.17, 15) is 9.90 Å². The van der Waals surface area contributed by atoms with Crippen LogP contribution in [-0.4, -0.2) is 21.0 Å². The highest BCUT2D eigenvalue weighted by molar-refractivity contribution is 5.94. The molecule has 2 aromatic heterocycles. The van der Waals surface area contributed by atoms with Gasteiger partial charge < -0.3 is 14.8 Å². The molecule has 0 bridgehead atoms. The molecule has 6 heteroatoms. The van der Waals surface area contributed by atoms with Gasteiger partial charge in [0, 0.05) is 12.6 Å². The molecule has 0 aliphatic heterocycles. The highest BCUT2D eigenvalue weighted by Gasteiger charge is 2.08. The molecule has 0 radical (unpaired) electrons. The van der Waals surface area contributed by atoms with Crippen molar-refractivity contribution in [1.29, 1.82) is 0 Å². The van der Waals surface area contributed by atoms with Gasteiger partial charge in [-0.25, -0.2) is 4.98 Å². The summed E-state index contributed by atoms with van der Waals surface area (Å²) in [5.41, 5.74) is 0.289. The number of hydrogen-bond donors (Lipinski definition) is 2. The highest BCUT2D eigenvalue weighted by Crippen LogP contribution is 2.09. The third-order valence-corrected chi connectivity index (χ3v) is 2.34. The summed E-state index contributed by atoms with van der Waals surface area (Å²) in [4.78, 5) is 19.5. The van der Waals surface area contributed by atoms with Crippen LogP contribution in [0.15, 0.2) is 29.1 Å². The van der Waals surface area contributed by atoms with Crippen molar-refractivity contribution >= 4 is 5.91 Å². The van der Waals surface area contributed by atoms with Crippen molar-refractivity contribution < 1.29 is 14.3 Å². The minimum Gasteiger partial charge on any atom is -0.506 e. The Kier molecular flexibility index (Phi) is 3.57. The molecule has 1 amide bonds. The van der Waals surface area contributed by atoms with Gasteiger partial charge in [0.05, 0.1) is 24.5 Å². The minimum atomic E-state index is -0.338. The average molecular weight is 247 g/mol. The van der Waals surface area contributed by atoms with E-state index in [0.717, 1.165) is 12.2 Å². The Hall–Kier alpha value is -2.37. The number of aromatic hydroxyl groups is 1. The van der Waals surface area contributed by atoms with Crippen molar-refractivity contribution in [2.75, 3.05) is 0 Å². The number of nitrogens with one attached hydrogen (secondary N) is 1. The topological polar surface area (TPSA) is 88.2 Å². The molecular weight excluding hydrogens is 234 g/mol. The van der Waals surface area contributed by atoms with Crippen LogP contribution < -0.4 is 5.32 Å². The number of rotatable bonds is 4. The quantitative estimate of drug-likeness (QED) is 0.849. The summed E-state index contributed by atoms with van der Waals surface area (Å²) in [7, 11) is 0. The number of amides is 1. The SMILES string of the molecule is CCc1cnc(CNC(=O)c2cncc(O)c2)o1. The number of pyridine rings is 1. The second-order valence-corrected chi connectivity index (χ2v) is 3.69. The van der Waals surface area contributed by atoms with Crippen molar-refractivity contribution in [3.05, 3.63) is 41.9 Å². The zero-order valence-corrected chi connectivity index (χ0v) is 9.88. The molecule has 0 aliphatic carbocycles. The maximum absolute atomic E-state index is 11.7. The first kappa shape index (κ1) is 12.1. The molecular formula is C12H13N3O3. The third kappa shape index (κ3) is 2.85. The van der Waals surface area contributed by atoms with Gasteiger partial charge in [-0.2, -0.15) is 0 Å². The van der Waals surface area contributed by atoms with Gasteiger partial charge in [0.25, 0.3) is 5.91 Å². The summed E-state index contributed by atoms with van der Waals surface area (Å²) in [6.07, 6.45) is 5.04. The number of nitrogens with zero attached hydrogens (tertiary/aromatic N) is 2. The largest absolute Gasteiger partial charge is 0.506 e. The minimum absolute atomic E-state index is 0.0490. The van der Waals surface area contributed by atoms with Gasteiger partial charge in [0.15, 0.2) is 0 Å². The van der Waals surface area contributed by atoms with E-state index in [2.05, 4.69) is 15.3 Å². The summed E-state index contributed by atoms with van der Waals surface area (Å²) in [6.45, 7) is 2.16. The molecule has 0 unspecified atom stereocenters. The van der Waals surface area contributed by atoms with E-state index in [1.807, 2.05) is 6.92 Å². The lowest BCUT2D eigenvalue weighted by molar-refractivity contribution is 0.0946. The van der Waals surface area contributed by atoms with E-state index in [0.29, 0.717) is 5.89 Å². The molecule has 0 spiro atoms. The Bertz CT molecular complexity index is 551. The maximum Gasteiger partial charge on any atom is 0.253 e. The van der Waals surface area contributed by atoms with Crippen LogP contribution in [0.1, 0.15) is 28.9 Å². The number of carbonyl (C=O) groups is 1. The first-order chi connectivity index (χ1) is 8.69. The predicted molar refractivity (Wildman–Crippen MR) is 63.0 cm³/mol. The first-order valence-corrected chi connectivity index (χ1v) is 5.55. The summed E-state index contributed by atoms with van der Waals surface area (Å²) in [5, 5.41) is 11.8. The van der Waals surface area contributed by atoms with E-state index >= 15 is 0 Å². The number of aryl methyl sites for hydroxylation is 1. The van der Waals surface area contributed by atoms with Crippen molar-refractivity contribution in [3.63, 3.8) is 0 Å². The maximum atomic E-state index is 11.7. The summed E-state index contributed by atoms with van der Waals surface area (Å²) < 4.78 is 5.35. The number of hydrogen-bond acceptors (Lipinski definition) is 5. The molecule has 2 N–H and O–H groups in total. The van der Waals surface area contributed by atoms with Crippen LogP contribution in [0.5, 0.6) is 5.75 Å². The van der Waals surface area contributed by atoms with Gasteiger partial charge in [0.1, 0.15) is 11.5 Å². The molecule has 0 fully saturated rings. The van der Waals surface area contributed by atoms with Crippen molar-refractivity contribution in [2.24, 2.45) is 0 Å². The number of carbonyl (C=O) groups excluding carboxylic acids is 1. The molecule has 2 rings (SSSR count). The van der Waals surface area contributed by atoms with Gasteiger partial charge in [-0.3, -0.25) is 9.78 Å². The van der Waals surface area contributed by atoms with E-state index in [-0.39, 0.29) is 23.8 Å². The van der Waals surface area contributed by atoms with Crippen LogP contribution in [0.4, 0.5) is 0 Å². The molecule has 94 valence electrons. The fourth-order valence-electron chi connectivity index (χ4n) is 1.40. The lowest BCUT2D eigenvalue weighted by Crippen LogP contribution is -2.23. The Morgan fingerprint density at radius 1 is 1.44 bits per heavy atom. The van der Waals surface area contributed by atoms with Crippen LogP contribution in [0.3, 0.4) is 0 Å². The average Bonchev–Trinajstić information content (AvgIpc) is 2.84. The molecule has 0 atom stereocenters. The van der Waals surface area contributed by atoms with Crippen LogP contribution in [-0.2, 0) is 13.0 Å². The van der Waals surface area contributed by atoms with Crippen LogP contribution in [0.25, 0.3) is 0 Å². The van der Waals surface area contributed by atoms with Crippen LogP contribution in [0.2, 0.25) is 0 Å². The van der Waals surface area contributed by atoms with Crippen LogP contribution in [0, 0.1) is 0 Å². The third-order valence-electron chi connectivity index (χ3n) is 2.34. The second-order valence-electron chi connectivity index (χ2n) is 3.69. The van der Waals surface area contributed by atoms with Gasteiger partial charge in [-0.05, 0) is 6.07 Å². The van der Waals surface area contributed by atoms with E-state index in [1.54, 1.807) is 6.20 Å². The fraction of sp³-hybridized carbons (Fsp3) is 0.250. The molecule has 2 aromatic rings. The Balaban J connectivity index is 1.96. The molecule has 6 nitrogen and oxygen atoms in total. The lowest BCUT2D eigenvalue weighted by Gasteiger charge is -2.02. The molecule has 0 aromatic carbocycles. The fourth-order valence-corrected chi connectivity index (χ4v) is 1.40. The predicted octanol–water partition coefficient (Wildman–Crippen LogP) is 1.27. The number of aromatic nitrogens is 2. The standard InChI is InChI=1S/C12H13N3O3/c1-2-10-6-14-11(18-10)7-15-12(17)8-3-9(16)5-13-4-8/h3-6,16H,2,7H2,1H3,(H,15,17). The van der Waals surface area contributed by atoms with Gasteiger partial charge in [-0.15, -0.1) is 0 Å². The lowest BCUT2D eigenvalue weighted by atomic mass is 10.2. The van der Waals surface area contributed by atoms with E-state index < -0.39 is 0 Å². The Labute approximate surface area is 104 Å². The number of oxazole rings is 1. The Morgan fingerprint density at radius 2 is 2.28 bits per heavy atom. The summed E-state index contributed by atoms with van der Waals surface area (Å²) in [5.74, 6) is 0.841. The molecule has 0 aliphatic rings. The van der Waals surface area contributed by atoms with E-state index in [4.69, 9.17) is 4.42 Å². The monoisotopic (exact) mass is 247 g/mol. The molecule has 0 saturated heterocycles. The van der Waals surface area contributed by atoms with Crippen molar-refractivity contribution in [2.45, 2.75) is 19.9 Å². The van der Waals surface area contributed by atoms with Gasteiger partial charge >= 0.3 is 0 Å². The van der Waals surface area contributed by atoms with Crippen LogP contribution >= 0.6 is 0 Å². The van der Waals surface area contributed by atoms with Gasteiger partial charge in [0.2, 0.25) is 5.89 Å². The highest BCUT2D eigenvalue weighted by atomic mass is 16.4. The molecule has 2 heterocycles. The van der Waals surface area contributed by atoms with Gasteiger partial charge in [-0.1, -0.05) is 6.92 Å². The summed E-state index contributed by atoms with van der Waals surface area (Å²) >= 11 is 0. The second kappa shape index (κ2) is 5.31. The first-order valence-electron chi connectivity index (χ1n) is 5.55. The van der Waals surface area contributed by atoms with Crippen molar-refractivity contribution in [3.8, 4) is 5.75 Å². The zero-order valence-electron chi connectivity index (χ0n) is 9.88. The van der Waals surface area contributed by atoms with E-state index in [1.165, 1.54) is 18.5 Å². The molecule has 18 heavy (non-hydrogen) atoms. The Morgan fingerprint density at radius 3 is 2.94 bits per heavy atom. The smallest absolute Gasteiger partial charge is 0.253 e. The summed E-state index contributed by atoms with van der Waals surface area (Å²) in [6, 6.07) is 1.34.